The Bertz CT molecular complexity index is 1500. The molecule has 5 rings (SSSR count). The highest BCUT2D eigenvalue weighted by atomic mass is 35.5. The number of ether oxygens (including phenoxy) is 2. The van der Waals surface area contributed by atoms with E-state index in [1.165, 1.54) is 4.90 Å². The Balaban J connectivity index is 0.00000210. The van der Waals surface area contributed by atoms with Crippen LogP contribution in [0, 0.1) is 6.92 Å². The first-order chi connectivity index (χ1) is 17.9. The fourth-order valence-electron chi connectivity index (χ4n) is 5.54. The molecule has 9 nitrogen and oxygen atoms in total. The van der Waals surface area contributed by atoms with Crippen molar-refractivity contribution < 1.29 is 44.1 Å². The predicted molar refractivity (Wildman–Crippen MR) is 144 cm³/mol. The summed E-state index contributed by atoms with van der Waals surface area (Å²) >= 11 is 6.26. The minimum Gasteiger partial charge on any atom is -1.00 e. The maximum Gasteiger partial charge on any atom is 0.277 e. The first-order valence-corrected chi connectivity index (χ1v) is 13.3. The van der Waals surface area contributed by atoms with Crippen molar-refractivity contribution in [3.63, 3.8) is 0 Å². The second kappa shape index (κ2) is 13.2. The van der Waals surface area contributed by atoms with E-state index < -0.39 is 0 Å². The molecule has 4 aromatic rings. The molecule has 12 heteroatoms. The molecule has 1 aliphatic heterocycles. The van der Waals surface area contributed by atoms with Gasteiger partial charge < -0.3 is 43.8 Å². The molecule has 0 aliphatic carbocycles. The van der Waals surface area contributed by atoms with Gasteiger partial charge in [0.15, 0.2) is 17.1 Å². The van der Waals surface area contributed by atoms with Crippen LogP contribution in [-0.4, -0.2) is 65.9 Å². The van der Waals surface area contributed by atoms with Crippen LogP contribution in [0.15, 0.2) is 35.1 Å². The van der Waals surface area contributed by atoms with Crippen molar-refractivity contribution in [1.82, 2.24) is 18.9 Å². The lowest BCUT2D eigenvalue weighted by atomic mass is 10.2. The van der Waals surface area contributed by atoms with Gasteiger partial charge in [-0.1, -0.05) is 18.5 Å². The normalized spacial score (nSPS) is 17.1. The van der Waals surface area contributed by atoms with Crippen molar-refractivity contribution in [2.24, 2.45) is 0 Å². The Morgan fingerprint density at radius 2 is 1.77 bits per heavy atom. The second-order valence-electron chi connectivity index (χ2n) is 9.61. The van der Waals surface area contributed by atoms with E-state index >= 15 is 0 Å². The van der Waals surface area contributed by atoms with Crippen LogP contribution in [0.2, 0.25) is 5.02 Å². The molecule has 1 aliphatic rings. The van der Waals surface area contributed by atoms with Gasteiger partial charge in [0.05, 0.1) is 32.0 Å². The fourth-order valence-corrected chi connectivity index (χ4v) is 5.72. The van der Waals surface area contributed by atoms with E-state index in [-0.39, 0.29) is 30.4 Å². The van der Waals surface area contributed by atoms with Gasteiger partial charge in [0, 0.05) is 36.5 Å². The summed E-state index contributed by atoms with van der Waals surface area (Å²) in [5.74, 6) is 2.24. The smallest absolute Gasteiger partial charge is 0.277 e. The van der Waals surface area contributed by atoms with Gasteiger partial charge in [-0.2, -0.15) is 4.98 Å². The molecule has 4 heterocycles. The number of pyridine rings is 1. The molecule has 3 aromatic heterocycles. The molecule has 1 fully saturated rings. The summed E-state index contributed by atoms with van der Waals surface area (Å²) < 4.78 is 14.7. The van der Waals surface area contributed by atoms with Crippen LogP contribution in [0.1, 0.15) is 24.9 Å². The van der Waals surface area contributed by atoms with E-state index in [1.54, 1.807) is 19.1 Å². The Labute approximate surface area is 245 Å². The number of piperazine rings is 1. The number of nitrogens with zero attached hydrogens (tertiary/aromatic N) is 4. The topological polar surface area (TPSA) is 79.5 Å². The van der Waals surface area contributed by atoms with Gasteiger partial charge in [0.1, 0.15) is 37.5 Å². The van der Waals surface area contributed by atoms with E-state index in [2.05, 4.69) is 4.98 Å². The second-order valence-corrected chi connectivity index (χ2v) is 10.0. The largest absolute Gasteiger partial charge is 1.00 e. The zero-order chi connectivity index (χ0) is 26.1. The summed E-state index contributed by atoms with van der Waals surface area (Å²) in [6.45, 7) is 9.71. The number of benzene rings is 1. The van der Waals surface area contributed by atoms with Gasteiger partial charge in [-0.05, 0) is 25.1 Å². The Morgan fingerprint density at radius 1 is 1.03 bits per heavy atom. The lowest BCUT2D eigenvalue weighted by Crippen LogP contribution is -3.26. The molecule has 1 saturated heterocycles. The molecule has 0 atom stereocenters. The number of methoxy groups -OCH3 is 2. The van der Waals surface area contributed by atoms with Gasteiger partial charge >= 0.3 is 0 Å². The molecule has 2 N–H and O–H groups in total. The number of imidazole rings is 1. The van der Waals surface area contributed by atoms with Crippen molar-refractivity contribution in [2.75, 3.05) is 46.9 Å². The molecule has 212 valence electrons. The molecule has 1 aromatic carbocycles. The first kappa shape index (κ1) is 31.0. The van der Waals surface area contributed by atoms with Crippen LogP contribution in [0.4, 0.5) is 5.69 Å². The summed E-state index contributed by atoms with van der Waals surface area (Å²) in [5.41, 5.74) is 3.98. The quantitative estimate of drug-likeness (QED) is 0.213. The van der Waals surface area contributed by atoms with E-state index in [0.29, 0.717) is 30.0 Å². The van der Waals surface area contributed by atoms with Gasteiger partial charge in [0.25, 0.3) is 5.56 Å². The maximum absolute atomic E-state index is 13.6. The standard InChI is InChI=1S/C27H33ClN6O3.2ClH/c1-5-23-29-18(2)25-27(35)33(20-8-10-24(37-4)30-26(20)34(23)25)12-6-11-31-13-15-32(16-14-31)21-17-19(28)7-9-22(21)36-3;;/h7-10,17H,5-6,11-16H2,1-4H3;2*1H. The van der Waals surface area contributed by atoms with Crippen LogP contribution in [0.25, 0.3) is 16.7 Å². The number of fused-ring (bicyclic) bond motifs is 3. The average Bonchev–Trinajstić information content (AvgIpc) is 3.27. The lowest BCUT2D eigenvalue weighted by Gasteiger charge is -2.30. The minimum absolute atomic E-state index is 0. The molecule has 0 amide bonds. The summed E-state index contributed by atoms with van der Waals surface area (Å²) in [7, 11) is 3.31. The van der Waals surface area contributed by atoms with Crippen molar-refractivity contribution in [2.45, 2.75) is 33.2 Å². The SMILES string of the molecule is CCc1nc(C)c2c(=O)n(CCC[NH+]3CC[NH+](c4cc(Cl)ccc4OC)CC3)c3ccc(OC)nc3n12.[Cl-].[Cl-]. The molecule has 0 bridgehead atoms. The zero-order valence-electron chi connectivity index (χ0n) is 22.7. The Morgan fingerprint density at radius 3 is 2.44 bits per heavy atom. The fraction of sp³-hybridized carbons (Fsp3) is 0.444. The van der Waals surface area contributed by atoms with Gasteiger partial charge in [0.2, 0.25) is 5.88 Å². The van der Waals surface area contributed by atoms with Crippen molar-refractivity contribution in [3.05, 3.63) is 57.2 Å². The molecule has 0 radical (unpaired) electrons. The monoisotopic (exact) mass is 596 g/mol. The van der Waals surface area contributed by atoms with Crippen molar-refractivity contribution in [1.29, 1.82) is 0 Å². The van der Waals surface area contributed by atoms with Crippen molar-refractivity contribution in [3.8, 4) is 11.6 Å². The van der Waals surface area contributed by atoms with E-state index in [9.17, 15) is 4.79 Å². The summed E-state index contributed by atoms with van der Waals surface area (Å²) in [5, 5.41) is 0.735. The lowest BCUT2D eigenvalue weighted by molar-refractivity contribution is -0.986. The maximum atomic E-state index is 13.6. The van der Waals surface area contributed by atoms with Crippen LogP contribution in [0.3, 0.4) is 0 Å². The van der Waals surface area contributed by atoms with Crippen LogP contribution >= 0.6 is 11.6 Å². The van der Waals surface area contributed by atoms with Gasteiger partial charge in [-0.3, -0.25) is 14.1 Å². The number of hydrogen-bond acceptors (Lipinski definition) is 5. The number of rotatable bonds is 8. The third-order valence-electron chi connectivity index (χ3n) is 7.44. The van der Waals surface area contributed by atoms with Crippen LogP contribution in [-0.2, 0) is 13.0 Å². The van der Waals surface area contributed by atoms with Crippen LogP contribution in [0.5, 0.6) is 11.6 Å². The van der Waals surface area contributed by atoms with Gasteiger partial charge in [-0.25, -0.2) is 4.98 Å². The van der Waals surface area contributed by atoms with E-state index in [4.69, 9.17) is 26.1 Å². The Kier molecular flexibility index (Phi) is 10.5. The highest BCUT2D eigenvalue weighted by Gasteiger charge is 2.27. The summed E-state index contributed by atoms with van der Waals surface area (Å²) in [6.07, 6.45) is 1.61. The summed E-state index contributed by atoms with van der Waals surface area (Å²) in [4.78, 5) is 26.0. The van der Waals surface area contributed by atoms with Crippen LogP contribution < -0.4 is 49.6 Å². The molecule has 0 saturated carbocycles. The summed E-state index contributed by atoms with van der Waals surface area (Å²) in [6, 6.07) is 9.58. The Hall–Kier alpha value is -2.56. The third kappa shape index (κ3) is 5.98. The molecular formula is C27H35Cl3N6O3. The van der Waals surface area contributed by atoms with Crippen molar-refractivity contribution >= 4 is 34.0 Å². The molecule has 0 spiro atoms. The third-order valence-corrected chi connectivity index (χ3v) is 7.68. The first-order valence-electron chi connectivity index (χ1n) is 12.9. The number of halogens is 3. The van der Waals surface area contributed by atoms with Gasteiger partial charge in [-0.15, -0.1) is 0 Å². The predicted octanol–water partition coefficient (Wildman–Crippen LogP) is -4.90. The minimum atomic E-state index is -0.0125. The zero-order valence-corrected chi connectivity index (χ0v) is 25.0. The average molecular weight is 598 g/mol. The number of aryl methyl sites for hydroxylation is 3. The number of quaternary nitrogens is 2. The molecule has 39 heavy (non-hydrogen) atoms. The number of aromatic nitrogens is 4. The van der Waals surface area contributed by atoms with E-state index in [0.717, 1.165) is 72.6 Å². The highest BCUT2D eigenvalue weighted by Crippen LogP contribution is 2.24. The number of hydrogen-bond donors (Lipinski definition) is 2. The van der Waals surface area contributed by atoms with E-state index in [1.807, 2.05) is 53.1 Å². The highest BCUT2D eigenvalue weighted by molar-refractivity contribution is 6.30. The number of nitrogens with one attached hydrogen (secondary N) is 2. The molecular weight excluding hydrogens is 563 g/mol. The molecule has 0 unspecified atom stereocenters.